The number of hydrogen-bond donors (Lipinski definition) is 3. The van der Waals surface area contributed by atoms with Gasteiger partial charge in [-0.1, -0.05) is 0 Å². The van der Waals surface area contributed by atoms with Crippen molar-refractivity contribution >= 4 is 11.7 Å². The van der Waals surface area contributed by atoms with Crippen LogP contribution in [0.5, 0.6) is 0 Å². The first kappa shape index (κ1) is 10.7. The van der Waals surface area contributed by atoms with E-state index >= 15 is 0 Å². The highest BCUT2D eigenvalue weighted by Crippen LogP contribution is 2.18. The molecular weight excluding hydrogens is 206 g/mol. The normalized spacial score (nSPS) is 17.4. The van der Waals surface area contributed by atoms with Gasteiger partial charge in [0.1, 0.15) is 0 Å². The van der Waals surface area contributed by atoms with Crippen LogP contribution in [0.2, 0.25) is 0 Å². The summed E-state index contributed by atoms with van der Waals surface area (Å²) in [7, 11) is 0. The van der Waals surface area contributed by atoms with Gasteiger partial charge in [-0.3, -0.25) is 10.2 Å². The first-order chi connectivity index (χ1) is 7.68. The summed E-state index contributed by atoms with van der Waals surface area (Å²) in [5.74, 6) is 0.859. The van der Waals surface area contributed by atoms with Gasteiger partial charge in [0.15, 0.2) is 5.82 Å². The van der Waals surface area contributed by atoms with E-state index in [1.54, 1.807) is 6.20 Å². The third kappa shape index (κ3) is 2.05. The fourth-order valence-electron chi connectivity index (χ4n) is 1.97. The van der Waals surface area contributed by atoms with Crippen LogP contribution in [0.3, 0.4) is 0 Å². The van der Waals surface area contributed by atoms with E-state index in [0.717, 1.165) is 25.9 Å². The summed E-state index contributed by atoms with van der Waals surface area (Å²) in [6.45, 7) is 1.45. The number of nitrogens with one attached hydrogen (secondary N) is 2. The Hall–Kier alpha value is -1.85. The number of nitrogens with two attached hydrogens (primary N) is 1. The van der Waals surface area contributed by atoms with Crippen LogP contribution in [0.25, 0.3) is 0 Å². The summed E-state index contributed by atoms with van der Waals surface area (Å²) in [6.07, 6.45) is 4.72. The zero-order chi connectivity index (χ0) is 11.5. The number of hydrogen-bond acceptors (Lipinski definition) is 4. The monoisotopic (exact) mass is 221 g/mol. The molecule has 0 amide bonds. The minimum absolute atomic E-state index is 0.152. The Morgan fingerprint density at radius 2 is 2.25 bits per heavy atom. The van der Waals surface area contributed by atoms with Gasteiger partial charge >= 0.3 is 0 Å². The van der Waals surface area contributed by atoms with Crippen molar-refractivity contribution in [3.8, 4) is 0 Å². The molecule has 1 saturated heterocycles. The summed E-state index contributed by atoms with van der Waals surface area (Å²) in [6, 6.07) is 0. The molecule has 16 heavy (non-hydrogen) atoms. The molecule has 0 atom stereocenters. The molecule has 0 spiro atoms. The molecule has 6 heteroatoms. The lowest BCUT2D eigenvalue weighted by molar-refractivity contribution is 0.494. The summed E-state index contributed by atoms with van der Waals surface area (Å²) in [5, 5.41) is 7.38. The zero-order valence-electron chi connectivity index (χ0n) is 8.94. The summed E-state index contributed by atoms with van der Waals surface area (Å²) < 4.78 is 0. The van der Waals surface area contributed by atoms with Crippen LogP contribution < -0.4 is 16.2 Å². The smallest absolute Gasteiger partial charge is 0.290 e. The summed E-state index contributed by atoms with van der Waals surface area (Å²) >= 11 is 0. The van der Waals surface area contributed by atoms with Gasteiger partial charge in [-0.05, 0) is 12.8 Å². The maximum Gasteiger partial charge on any atom is 0.290 e. The van der Waals surface area contributed by atoms with Crippen LogP contribution >= 0.6 is 0 Å². The van der Waals surface area contributed by atoms with E-state index in [1.807, 2.05) is 4.90 Å². The van der Waals surface area contributed by atoms with Crippen molar-refractivity contribution < 1.29 is 0 Å². The fourth-order valence-corrected chi connectivity index (χ4v) is 1.97. The van der Waals surface area contributed by atoms with Crippen molar-refractivity contribution in [3.63, 3.8) is 0 Å². The topological polar surface area (TPSA) is 98.9 Å². The quantitative estimate of drug-likeness (QED) is 0.480. The van der Waals surface area contributed by atoms with E-state index < -0.39 is 0 Å². The van der Waals surface area contributed by atoms with Gasteiger partial charge in [-0.2, -0.15) is 0 Å². The second kappa shape index (κ2) is 4.34. The number of rotatable bonds is 2. The Labute approximate surface area is 93.0 Å². The molecule has 4 N–H and O–H groups in total. The summed E-state index contributed by atoms with van der Waals surface area (Å²) in [4.78, 5) is 20.1. The predicted octanol–water partition coefficient (Wildman–Crippen LogP) is -0.0777. The minimum Gasteiger partial charge on any atom is -0.387 e. The van der Waals surface area contributed by atoms with Crippen LogP contribution in [-0.2, 0) is 0 Å². The molecule has 1 aliphatic rings. The molecule has 0 unspecified atom stereocenters. The zero-order valence-corrected chi connectivity index (χ0v) is 8.94. The van der Waals surface area contributed by atoms with E-state index in [0.29, 0.717) is 5.82 Å². The lowest BCUT2D eigenvalue weighted by Gasteiger charge is -2.31. The molecule has 1 aliphatic heterocycles. The highest BCUT2D eigenvalue weighted by molar-refractivity contribution is 5.79. The largest absolute Gasteiger partial charge is 0.387 e. The summed E-state index contributed by atoms with van der Waals surface area (Å²) in [5.41, 5.74) is 5.30. The average Bonchev–Trinajstić information content (AvgIpc) is 2.30. The molecule has 0 saturated carbocycles. The number of H-pyrrole nitrogens is 1. The number of nitrogens with zero attached hydrogens (tertiary/aromatic N) is 2. The van der Waals surface area contributed by atoms with Gasteiger partial charge < -0.3 is 15.6 Å². The van der Waals surface area contributed by atoms with Crippen molar-refractivity contribution in [2.45, 2.75) is 12.8 Å². The maximum atomic E-state index is 11.5. The number of piperidine rings is 1. The van der Waals surface area contributed by atoms with Gasteiger partial charge in [-0.25, -0.2) is 4.98 Å². The van der Waals surface area contributed by atoms with Crippen molar-refractivity contribution in [2.75, 3.05) is 18.0 Å². The second-order valence-corrected chi connectivity index (χ2v) is 3.96. The first-order valence-electron chi connectivity index (χ1n) is 5.31. The maximum absolute atomic E-state index is 11.5. The lowest BCUT2D eigenvalue weighted by atomic mass is 9.96. The van der Waals surface area contributed by atoms with Gasteiger partial charge in [0.25, 0.3) is 5.56 Å². The molecule has 1 aromatic rings. The highest BCUT2D eigenvalue weighted by Gasteiger charge is 2.23. The second-order valence-electron chi connectivity index (χ2n) is 3.96. The molecule has 0 bridgehead atoms. The molecular formula is C10H15N5O. The third-order valence-corrected chi connectivity index (χ3v) is 2.92. The Kier molecular flexibility index (Phi) is 2.89. The van der Waals surface area contributed by atoms with E-state index in [-0.39, 0.29) is 17.3 Å². The predicted molar refractivity (Wildman–Crippen MR) is 61.7 cm³/mol. The highest BCUT2D eigenvalue weighted by atomic mass is 16.1. The number of anilines is 1. The molecule has 2 heterocycles. The standard InChI is InChI=1S/C10H15N5O/c11-8(12)7-1-5-15(6-2-7)9-10(16)14-4-3-13-9/h3-4,7H,1-2,5-6H2,(H3,11,12)(H,14,16). The van der Waals surface area contributed by atoms with E-state index in [1.165, 1.54) is 6.20 Å². The van der Waals surface area contributed by atoms with Crippen LogP contribution in [0.15, 0.2) is 17.2 Å². The average molecular weight is 221 g/mol. The molecule has 0 aromatic carbocycles. The van der Waals surface area contributed by atoms with E-state index in [2.05, 4.69) is 9.97 Å². The van der Waals surface area contributed by atoms with Crippen molar-refractivity contribution in [1.29, 1.82) is 5.41 Å². The lowest BCUT2D eigenvalue weighted by Crippen LogP contribution is -2.40. The van der Waals surface area contributed by atoms with Crippen LogP contribution in [0.4, 0.5) is 5.82 Å². The van der Waals surface area contributed by atoms with E-state index in [9.17, 15) is 4.79 Å². The van der Waals surface area contributed by atoms with Crippen molar-refractivity contribution in [2.24, 2.45) is 11.7 Å². The fraction of sp³-hybridized carbons (Fsp3) is 0.500. The Bertz CT molecular complexity index is 433. The van der Waals surface area contributed by atoms with Crippen LogP contribution in [-0.4, -0.2) is 28.9 Å². The van der Waals surface area contributed by atoms with Gasteiger partial charge in [0, 0.05) is 31.4 Å². The SMILES string of the molecule is N=C(N)C1CCN(c2ncc[nH]c2=O)CC1. The Morgan fingerprint density at radius 3 is 2.81 bits per heavy atom. The van der Waals surface area contributed by atoms with Gasteiger partial charge in [0.05, 0.1) is 5.84 Å². The van der Waals surface area contributed by atoms with E-state index in [4.69, 9.17) is 11.1 Å². The molecule has 86 valence electrons. The third-order valence-electron chi connectivity index (χ3n) is 2.92. The van der Waals surface area contributed by atoms with Crippen LogP contribution in [0.1, 0.15) is 12.8 Å². The molecule has 0 radical (unpaired) electrons. The van der Waals surface area contributed by atoms with Gasteiger partial charge in [-0.15, -0.1) is 0 Å². The van der Waals surface area contributed by atoms with Gasteiger partial charge in [0.2, 0.25) is 0 Å². The molecule has 1 aromatic heterocycles. The molecule has 2 rings (SSSR count). The Morgan fingerprint density at radius 1 is 1.56 bits per heavy atom. The molecule has 0 aliphatic carbocycles. The first-order valence-corrected chi connectivity index (χ1v) is 5.31. The number of aromatic nitrogens is 2. The number of aromatic amines is 1. The minimum atomic E-state index is -0.163. The van der Waals surface area contributed by atoms with Crippen LogP contribution in [0, 0.1) is 11.3 Å². The Balaban J connectivity index is 2.08. The molecule has 6 nitrogen and oxygen atoms in total. The molecule has 1 fully saturated rings. The van der Waals surface area contributed by atoms with Crippen molar-refractivity contribution in [3.05, 3.63) is 22.7 Å². The van der Waals surface area contributed by atoms with Crippen molar-refractivity contribution in [1.82, 2.24) is 9.97 Å². The number of amidine groups is 1.